The van der Waals surface area contributed by atoms with Crippen molar-refractivity contribution in [3.05, 3.63) is 36.5 Å². The van der Waals surface area contributed by atoms with Gasteiger partial charge < -0.3 is 5.11 Å². The van der Waals surface area contributed by atoms with Crippen LogP contribution in [0.4, 0.5) is 0 Å². The summed E-state index contributed by atoms with van der Waals surface area (Å²) in [7, 11) is 0. The average molecular weight is 218 g/mol. The zero-order chi connectivity index (χ0) is 11.9. The van der Waals surface area contributed by atoms with Crippen LogP contribution in [0, 0.1) is 17.8 Å². The van der Waals surface area contributed by atoms with Gasteiger partial charge in [0, 0.05) is 0 Å². The van der Waals surface area contributed by atoms with Gasteiger partial charge in [-0.25, -0.2) is 0 Å². The van der Waals surface area contributed by atoms with Crippen molar-refractivity contribution in [2.45, 2.75) is 38.7 Å². The lowest BCUT2D eigenvalue weighted by atomic mass is 9.77. The van der Waals surface area contributed by atoms with Gasteiger partial charge in [-0.1, -0.05) is 30.9 Å². The second-order valence-electron chi connectivity index (χ2n) is 5.46. The highest BCUT2D eigenvalue weighted by Crippen LogP contribution is 2.50. The van der Waals surface area contributed by atoms with Crippen molar-refractivity contribution in [3.63, 3.8) is 0 Å². The first-order chi connectivity index (χ1) is 7.52. The molecule has 0 amide bonds. The summed E-state index contributed by atoms with van der Waals surface area (Å²) in [5.41, 5.74) is 3.56. The zero-order valence-corrected chi connectivity index (χ0v) is 10.2. The van der Waals surface area contributed by atoms with E-state index in [1.165, 1.54) is 24.0 Å². The quantitative estimate of drug-likeness (QED) is 0.668. The van der Waals surface area contributed by atoms with Crippen LogP contribution >= 0.6 is 0 Å². The Bertz CT molecular complexity index is 337. The predicted molar refractivity (Wildman–Crippen MR) is 68.0 cm³/mol. The molecule has 0 radical (unpaired) electrons. The maximum absolute atomic E-state index is 9.97. The first-order valence-electron chi connectivity index (χ1n) is 6.22. The van der Waals surface area contributed by atoms with E-state index in [0.717, 1.165) is 18.4 Å². The number of rotatable bonds is 1. The van der Waals surface area contributed by atoms with Crippen LogP contribution in [0.15, 0.2) is 36.5 Å². The maximum atomic E-state index is 9.97. The van der Waals surface area contributed by atoms with E-state index >= 15 is 0 Å². The third kappa shape index (κ3) is 1.78. The predicted octanol–water partition coefficient (Wildman–Crippen LogP) is 3.47. The lowest BCUT2D eigenvalue weighted by molar-refractivity contribution is 0.211. The normalized spacial score (nSPS) is 39.4. The smallest absolute Gasteiger partial charge is 0.0756 e. The number of aliphatic hydroxyl groups is 1. The molecule has 0 bridgehead atoms. The van der Waals surface area contributed by atoms with Crippen LogP contribution in [0.5, 0.6) is 0 Å². The molecular formula is C15H22O. The minimum absolute atomic E-state index is 0.327. The number of allylic oxidation sites excluding steroid dienone is 2. The van der Waals surface area contributed by atoms with Crippen LogP contribution in [-0.4, -0.2) is 11.2 Å². The van der Waals surface area contributed by atoms with Crippen molar-refractivity contribution in [2.75, 3.05) is 0 Å². The van der Waals surface area contributed by atoms with Gasteiger partial charge in [0.05, 0.1) is 6.10 Å². The Labute approximate surface area is 98.6 Å². The van der Waals surface area contributed by atoms with Crippen LogP contribution < -0.4 is 0 Å². The third-order valence-corrected chi connectivity index (χ3v) is 4.37. The SMILES string of the molecule is C=C(C)[C@H]1CCCC(=C)[C@@H]2C[C@H](O)C(=C)[C@H]12. The lowest BCUT2D eigenvalue weighted by Gasteiger charge is -2.27. The largest absolute Gasteiger partial charge is 0.389 e. The van der Waals surface area contributed by atoms with Crippen molar-refractivity contribution in [2.24, 2.45) is 17.8 Å². The molecule has 0 aromatic carbocycles. The van der Waals surface area contributed by atoms with Crippen molar-refractivity contribution in [1.29, 1.82) is 0 Å². The summed E-state index contributed by atoms with van der Waals surface area (Å²) in [4.78, 5) is 0. The molecule has 2 aliphatic rings. The first kappa shape index (κ1) is 11.7. The zero-order valence-electron chi connectivity index (χ0n) is 10.2. The highest BCUT2D eigenvalue weighted by atomic mass is 16.3. The van der Waals surface area contributed by atoms with Gasteiger partial charge in [0.1, 0.15) is 0 Å². The second kappa shape index (κ2) is 4.21. The van der Waals surface area contributed by atoms with Crippen molar-refractivity contribution < 1.29 is 5.11 Å². The molecule has 0 saturated heterocycles. The van der Waals surface area contributed by atoms with E-state index in [9.17, 15) is 5.11 Å². The summed E-state index contributed by atoms with van der Waals surface area (Å²) >= 11 is 0. The molecule has 2 saturated carbocycles. The van der Waals surface area contributed by atoms with Gasteiger partial charge in [-0.05, 0) is 55.9 Å². The Morgan fingerprint density at radius 3 is 2.69 bits per heavy atom. The van der Waals surface area contributed by atoms with E-state index in [2.05, 4.69) is 26.7 Å². The summed E-state index contributed by atoms with van der Waals surface area (Å²) in [6.45, 7) is 14.5. The summed E-state index contributed by atoms with van der Waals surface area (Å²) in [6, 6.07) is 0. The van der Waals surface area contributed by atoms with E-state index in [4.69, 9.17) is 0 Å². The molecule has 0 aromatic heterocycles. The van der Waals surface area contributed by atoms with Crippen LogP contribution in [0.2, 0.25) is 0 Å². The number of fused-ring (bicyclic) bond motifs is 1. The lowest BCUT2D eigenvalue weighted by Crippen LogP contribution is -2.20. The summed E-state index contributed by atoms with van der Waals surface area (Å²) < 4.78 is 0. The molecule has 1 N–H and O–H groups in total. The topological polar surface area (TPSA) is 20.2 Å². The minimum atomic E-state index is -0.327. The Morgan fingerprint density at radius 2 is 2.06 bits per heavy atom. The molecule has 0 aromatic rings. The van der Waals surface area contributed by atoms with E-state index < -0.39 is 0 Å². The molecule has 1 nitrogen and oxygen atoms in total. The van der Waals surface area contributed by atoms with Crippen LogP contribution in [0.25, 0.3) is 0 Å². The molecule has 0 aliphatic heterocycles. The Kier molecular flexibility index (Phi) is 3.07. The highest BCUT2D eigenvalue weighted by molar-refractivity contribution is 5.27. The summed E-state index contributed by atoms with van der Waals surface area (Å²) in [5, 5.41) is 9.97. The third-order valence-electron chi connectivity index (χ3n) is 4.37. The maximum Gasteiger partial charge on any atom is 0.0756 e. The fourth-order valence-corrected chi connectivity index (χ4v) is 3.45. The second-order valence-corrected chi connectivity index (χ2v) is 5.46. The van der Waals surface area contributed by atoms with Gasteiger partial charge >= 0.3 is 0 Å². The summed E-state index contributed by atoms with van der Waals surface area (Å²) in [6.07, 6.45) is 3.97. The van der Waals surface area contributed by atoms with E-state index in [-0.39, 0.29) is 6.10 Å². The van der Waals surface area contributed by atoms with Gasteiger partial charge in [0.25, 0.3) is 0 Å². The molecule has 4 atom stereocenters. The van der Waals surface area contributed by atoms with E-state index in [0.29, 0.717) is 17.8 Å². The standard InChI is InChI=1S/C15H22O/c1-9(2)12-7-5-6-10(3)13-8-14(16)11(4)15(12)13/h12-16H,1,3-8H2,2H3/t12-,13+,14+,15-/m1/s1. The van der Waals surface area contributed by atoms with Gasteiger partial charge in [-0.3, -0.25) is 0 Å². The Balaban J connectivity index is 2.34. The molecule has 16 heavy (non-hydrogen) atoms. The summed E-state index contributed by atoms with van der Waals surface area (Å²) in [5.74, 6) is 1.32. The fraction of sp³-hybridized carbons (Fsp3) is 0.600. The fourth-order valence-electron chi connectivity index (χ4n) is 3.45. The number of hydrogen-bond donors (Lipinski definition) is 1. The Morgan fingerprint density at radius 1 is 1.38 bits per heavy atom. The monoisotopic (exact) mass is 218 g/mol. The van der Waals surface area contributed by atoms with Crippen molar-refractivity contribution in [1.82, 2.24) is 0 Å². The van der Waals surface area contributed by atoms with Gasteiger partial charge in [0.2, 0.25) is 0 Å². The highest BCUT2D eigenvalue weighted by Gasteiger charge is 2.43. The van der Waals surface area contributed by atoms with Crippen LogP contribution in [0.1, 0.15) is 32.6 Å². The van der Waals surface area contributed by atoms with Gasteiger partial charge in [-0.15, -0.1) is 0 Å². The Hall–Kier alpha value is -0.820. The van der Waals surface area contributed by atoms with Gasteiger partial charge in [0.15, 0.2) is 0 Å². The molecule has 2 fully saturated rings. The molecule has 0 heterocycles. The molecule has 88 valence electrons. The molecule has 0 unspecified atom stereocenters. The molecule has 2 aliphatic carbocycles. The molecule has 2 rings (SSSR count). The van der Waals surface area contributed by atoms with Gasteiger partial charge in [-0.2, -0.15) is 0 Å². The van der Waals surface area contributed by atoms with Crippen molar-refractivity contribution in [3.8, 4) is 0 Å². The van der Waals surface area contributed by atoms with Crippen molar-refractivity contribution >= 4 is 0 Å². The van der Waals surface area contributed by atoms with E-state index in [1.807, 2.05) is 0 Å². The molecule has 1 heteroatoms. The molecular weight excluding hydrogens is 196 g/mol. The van der Waals surface area contributed by atoms with Crippen LogP contribution in [-0.2, 0) is 0 Å². The number of hydrogen-bond acceptors (Lipinski definition) is 1. The number of aliphatic hydroxyl groups excluding tert-OH is 1. The molecule has 0 spiro atoms. The van der Waals surface area contributed by atoms with E-state index in [1.54, 1.807) is 0 Å². The minimum Gasteiger partial charge on any atom is -0.389 e. The van der Waals surface area contributed by atoms with Crippen LogP contribution in [0.3, 0.4) is 0 Å². The first-order valence-corrected chi connectivity index (χ1v) is 6.22. The average Bonchev–Trinajstić information content (AvgIpc) is 2.42.